The van der Waals surface area contributed by atoms with Crippen LogP contribution >= 0.6 is 0 Å². The highest BCUT2D eigenvalue weighted by atomic mass is 28.3. The Hall–Kier alpha value is -3.10. The Labute approximate surface area is 153 Å². The van der Waals surface area contributed by atoms with Crippen LogP contribution in [0.5, 0.6) is 0 Å². The van der Waals surface area contributed by atoms with Crippen LogP contribution in [0.15, 0.2) is 91.0 Å². The number of rotatable bonds is 0. The molecule has 0 amide bonds. The van der Waals surface area contributed by atoms with Crippen LogP contribution in [-0.4, -0.2) is 8.07 Å². The van der Waals surface area contributed by atoms with E-state index in [0.29, 0.717) is 0 Å². The van der Waals surface area contributed by atoms with Crippen LogP contribution < -0.4 is 26.5 Å². The van der Waals surface area contributed by atoms with Gasteiger partial charge in [-0.3, -0.25) is 0 Å². The first kappa shape index (κ1) is 14.1. The van der Waals surface area contributed by atoms with E-state index in [9.17, 15) is 0 Å². The molecule has 6 rings (SSSR count). The van der Waals surface area contributed by atoms with Gasteiger partial charge in [0.05, 0.1) is 0 Å². The molecular formula is C24H17NSi. The summed E-state index contributed by atoms with van der Waals surface area (Å²) in [6, 6.07) is 33.4. The number of hydrogen-bond donors (Lipinski definition) is 1. The molecule has 4 aromatic rings. The molecule has 2 N–H and O–H groups in total. The van der Waals surface area contributed by atoms with Crippen molar-refractivity contribution in [3.63, 3.8) is 0 Å². The smallest absolute Gasteiger partial charge is 0.182 e. The summed E-state index contributed by atoms with van der Waals surface area (Å²) in [6.45, 7) is 0. The van der Waals surface area contributed by atoms with E-state index in [1.165, 1.54) is 43.0 Å². The van der Waals surface area contributed by atoms with Crippen LogP contribution in [0, 0.1) is 0 Å². The van der Waals surface area contributed by atoms with Gasteiger partial charge in [0.25, 0.3) is 0 Å². The highest BCUT2D eigenvalue weighted by Gasteiger charge is 2.53. The molecule has 0 saturated heterocycles. The lowest BCUT2D eigenvalue weighted by atomic mass is 10.1. The molecule has 122 valence electrons. The van der Waals surface area contributed by atoms with Crippen molar-refractivity contribution in [1.82, 2.24) is 0 Å². The molecule has 2 heterocycles. The van der Waals surface area contributed by atoms with Crippen LogP contribution in [0.3, 0.4) is 0 Å². The predicted molar refractivity (Wildman–Crippen MR) is 112 cm³/mol. The standard InChI is InChI=1S/C24H17NSi/c25-16-13-14-20-19-9-3-6-12-23(19)26(24(20)15-16)21-10-4-1-7-17(21)18-8-2-5-11-22(18)26/h1-15H,25H2. The maximum atomic E-state index is 6.28. The summed E-state index contributed by atoms with van der Waals surface area (Å²) in [5.41, 5.74) is 12.6. The summed E-state index contributed by atoms with van der Waals surface area (Å²) in [6.07, 6.45) is 0. The molecule has 2 aliphatic rings. The average molecular weight is 347 g/mol. The molecule has 0 aromatic heterocycles. The fourth-order valence-corrected chi connectivity index (χ4v) is 10.8. The first-order chi connectivity index (χ1) is 12.8. The van der Waals surface area contributed by atoms with Crippen LogP contribution in [0.2, 0.25) is 0 Å². The van der Waals surface area contributed by atoms with E-state index in [1.54, 1.807) is 0 Å². The maximum absolute atomic E-state index is 6.28. The Balaban J connectivity index is 1.88. The fourth-order valence-electron chi connectivity index (χ4n) is 5.11. The number of nitrogen functional groups attached to an aromatic ring is 1. The molecule has 26 heavy (non-hydrogen) atoms. The SMILES string of the molecule is Nc1ccc2c(c1)[Si]1(c3ccccc3-c3ccccc31)c1ccccc1-2. The minimum absolute atomic E-state index is 0.852. The summed E-state index contributed by atoms with van der Waals surface area (Å²) in [7, 11) is -2.26. The van der Waals surface area contributed by atoms with E-state index in [-0.39, 0.29) is 0 Å². The minimum atomic E-state index is -2.26. The topological polar surface area (TPSA) is 26.0 Å². The molecule has 0 atom stereocenters. The quantitative estimate of drug-likeness (QED) is 0.332. The van der Waals surface area contributed by atoms with Crippen molar-refractivity contribution in [2.24, 2.45) is 0 Å². The van der Waals surface area contributed by atoms with Crippen molar-refractivity contribution in [1.29, 1.82) is 0 Å². The van der Waals surface area contributed by atoms with Crippen LogP contribution in [0.1, 0.15) is 0 Å². The molecule has 0 bridgehead atoms. The average Bonchev–Trinajstić information content (AvgIpc) is 3.15. The molecule has 0 saturated carbocycles. The molecule has 4 aromatic carbocycles. The van der Waals surface area contributed by atoms with E-state index >= 15 is 0 Å². The Morgan fingerprint density at radius 2 is 0.885 bits per heavy atom. The second-order valence-corrected chi connectivity index (χ2v) is 10.8. The van der Waals surface area contributed by atoms with Gasteiger partial charge in [-0.25, -0.2) is 0 Å². The number of benzene rings is 4. The lowest BCUT2D eigenvalue weighted by Crippen LogP contribution is -2.70. The third-order valence-electron chi connectivity index (χ3n) is 6.02. The lowest BCUT2D eigenvalue weighted by Gasteiger charge is -2.27. The molecule has 1 nitrogen and oxygen atoms in total. The van der Waals surface area contributed by atoms with E-state index in [4.69, 9.17) is 5.73 Å². The molecule has 0 radical (unpaired) electrons. The lowest BCUT2D eigenvalue weighted by molar-refractivity contribution is 1.69. The zero-order valence-corrected chi connectivity index (χ0v) is 15.2. The first-order valence-electron chi connectivity index (χ1n) is 9.01. The number of fused-ring (bicyclic) bond motifs is 10. The van der Waals surface area contributed by atoms with Gasteiger partial charge in [-0.1, -0.05) is 78.9 Å². The molecule has 1 spiro atoms. The van der Waals surface area contributed by atoms with Gasteiger partial charge in [-0.2, -0.15) is 0 Å². The van der Waals surface area contributed by atoms with Crippen molar-refractivity contribution >= 4 is 34.5 Å². The normalized spacial score (nSPS) is 14.6. The van der Waals surface area contributed by atoms with Crippen molar-refractivity contribution in [2.45, 2.75) is 0 Å². The Morgan fingerprint density at radius 1 is 0.462 bits per heavy atom. The number of nitrogens with two attached hydrogens (primary N) is 1. The third kappa shape index (κ3) is 1.47. The second-order valence-electron chi connectivity index (χ2n) is 7.19. The van der Waals surface area contributed by atoms with Crippen molar-refractivity contribution in [2.75, 3.05) is 5.73 Å². The van der Waals surface area contributed by atoms with Gasteiger partial charge in [0.15, 0.2) is 8.07 Å². The molecular weight excluding hydrogens is 330 g/mol. The predicted octanol–water partition coefficient (Wildman–Crippen LogP) is 2.61. The van der Waals surface area contributed by atoms with E-state index in [1.807, 2.05) is 6.07 Å². The molecule has 2 aliphatic heterocycles. The monoisotopic (exact) mass is 347 g/mol. The zero-order valence-electron chi connectivity index (χ0n) is 14.2. The molecule has 0 aliphatic carbocycles. The van der Waals surface area contributed by atoms with Gasteiger partial charge in [0.2, 0.25) is 0 Å². The minimum Gasteiger partial charge on any atom is -0.399 e. The Morgan fingerprint density at radius 3 is 1.38 bits per heavy atom. The van der Waals surface area contributed by atoms with Crippen LogP contribution in [0.25, 0.3) is 22.3 Å². The van der Waals surface area contributed by atoms with Crippen molar-refractivity contribution in [3.05, 3.63) is 91.0 Å². The summed E-state index contributed by atoms with van der Waals surface area (Å²) in [5.74, 6) is 0. The fraction of sp³-hybridized carbons (Fsp3) is 0. The van der Waals surface area contributed by atoms with Gasteiger partial charge in [-0.05, 0) is 55.1 Å². The van der Waals surface area contributed by atoms with E-state index < -0.39 is 8.07 Å². The largest absolute Gasteiger partial charge is 0.399 e. The van der Waals surface area contributed by atoms with E-state index in [2.05, 4.69) is 84.9 Å². The second kappa shape index (κ2) is 4.74. The Kier molecular flexibility index (Phi) is 2.57. The van der Waals surface area contributed by atoms with Gasteiger partial charge >= 0.3 is 0 Å². The van der Waals surface area contributed by atoms with Gasteiger partial charge in [0, 0.05) is 5.69 Å². The number of hydrogen-bond acceptors (Lipinski definition) is 1. The van der Waals surface area contributed by atoms with Crippen LogP contribution in [0.4, 0.5) is 5.69 Å². The highest BCUT2D eigenvalue weighted by molar-refractivity contribution is 7.24. The van der Waals surface area contributed by atoms with Gasteiger partial charge < -0.3 is 5.73 Å². The summed E-state index contributed by atoms with van der Waals surface area (Å²) in [5, 5.41) is 5.94. The summed E-state index contributed by atoms with van der Waals surface area (Å²) >= 11 is 0. The molecule has 0 unspecified atom stereocenters. The third-order valence-corrected chi connectivity index (χ3v) is 11.0. The van der Waals surface area contributed by atoms with Crippen molar-refractivity contribution < 1.29 is 0 Å². The number of anilines is 1. The summed E-state index contributed by atoms with van der Waals surface area (Å²) in [4.78, 5) is 0. The van der Waals surface area contributed by atoms with Crippen LogP contribution in [-0.2, 0) is 0 Å². The zero-order chi connectivity index (χ0) is 17.3. The van der Waals surface area contributed by atoms with Crippen molar-refractivity contribution in [3.8, 4) is 22.3 Å². The highest BCUT2D eigenvalue weighted by Crippen LogP contribution is 2.35. The maximum Gasteiger partial charge on any atom is 0.182 e. The van der Waals surface area contributed by atoms with E-state index in [0.717, 1.165) is 5.69 Å². The van der Waals surface area contributed by atoms with Gasteiger partial charge in [0.1, 0.15) is 0 Å². The Bertz CT molecular complexity index is 1140. The summed E-state index contributed by atoms with van der Waals surface area (Å²) < 4.78 is 0. The molecule has 2 heteroatoms. The molecule has 0 fully saturated rings. The first-order valence-corrected chi connectivity index (χ1v) is 11.0. The van der Waals surface area contributed by atoms with Gasteiger partial charge in [-0.15, -0.1) is 0 Å².